The van der Waals surface area contributed by atoms with Crippen molar-refractivity contribution in [2.24, 2.45) is 0 Å². The highest BCUT2D eigenvalue weighted by Crippen LogP contribution is 2.41. The van der Waals surface area contributed by atoms with E-state index in [4.69, 9.17) is 14.2 Å². The van der Waals surface area contributed by atoms with Gasteiger partial charge < -0.3 is 19.5 Å². The van der Waals surface area contributed by atoms with Gasteiger partial charge in [0.1, 0.15) is 22.1 Å². The van der Waals surface area contributed by atoms with Gasteiger partial charge in [-0.25, -0.2) is 4.79 Å². The lowest BCUT2D eigenvalue weighted by Crippen LogP contribution is -2.30. The van der Waals surface area contributed by atoms with Crippen molar-refractivity contribution in [3.05, 3.63) is 65.0 Å². The summed E-state index contributed by atoms with van der Waals surface area (Å²) in [6, 6.07) is 16.7. The monoisotopic (exact) mass is 467 g/mol. The zero-order valence-electron chi connectivity index (χ0n) is 19.5. The first-order valence-corrected chi connectivity index (χ1v) is 11.7. The van der Waals surface area contributed by atoms with Gasteiger partial charge in [-0.3, -0.25) is 4.79 Å². The Bertz CT molecular complexity index is 1090. The Kier molecular flexibility index (Phi) is 8.11. The molecule has 1 atom stereocenters. The minimum Gasteiger partial charge on any atom is -0.494 e. The Morgan fingerprint density at radius 2 is 1.64 bits per heavy atom. The van der Waals surface area contributed by atoms with E-state index >= 15 is 0 Å². The van der Waals surface area contributed by atoms with Gasteiger partial charge in [-0.2, -0.15) is 0 Å². The zero-order chi connectivity index (χ0) is 24.0. The number of rotatable bonds is 9. The van der Waals surface area contributed by atoms with E-state index in [0.29, 0.717) is 22.9 Å². The quantitative estimate of drug-likeness (QED) is 0.385. The molecule has 0 fully saturated rings. The van der Waals surface area contributed by atoms with Crippen LogP contribution in [0.4, 0.5) is 5.00 Å². The lowest BCUT2D eigenvalue weighted by atomic mass is 10.0. The molecule has 3 aromatic rings. The molecule has 1 heterocycles. The molecule has 0 bridgehead atoms. The van der Waals surface area contributed by atoms with Crippen LogP contribution in [0.2, 0.25) is 0 Å². The van der Waals surface area contributed by atoms with Crippen molar-refractivity contribution in [2.75, 3.05) is 11.9 Å². The lowest BCUT2D eigenvalue weighted by molar-refractivity contribution is -0.122. The third-order valence-electron chi connectivity index (χ3n) is 4.75. The van der Waals surface area contributed by atoms with Gasteiger partial charge in [0.25, 0.3) is 5.91 Å². The summed E-state index contributed by atoms with van der Waals surface area (Å²) in [6.45, 7) is 9.67. The van der Waals surface area contributed by atoms with Gasteiger partial charge in [0.15, 0.2) is 6.10 Å². The number of hydrogen-bond donors (Lipinski definition) is 1. The summed E-state index contributed by atoms with van der Waals surface area (Å²) < 4.78 is 16.8. The maximum absolute atomic E-state index is 13.1. The second-order valence-corrected chi connectivity index (χ2v) is 8.94. The Morgan fingerprint density at radius 1 is 0.970 bits per heavy atom. The van der Waals surface area contributed by atoms with Crippen LogP contribution in [0.1, 0.15) is 42.9 Å². The molecule has 0 spiro atoms. The fourth-order valence-electron chi connectivity index (χ4n) is 3.30. The highest BCUT2D eigenvalue weighted by Gasteiger charge is 2.27. The Hall–Kier alpha value is -3.32. The molecule has 1 N–H and O–H groups in total. The maximum atomic E-state index is 13.1. The molecule has 3 rings (SSSR count). The van der Waals surface area contributed by atoms with Gasteiger partial charge in [0.2, 0.25) is 0 Å². The molecule has 33 heavy (non-hydrogen) atoms. The molecule has 2 aromatic carbocycles. The fraction of sp³-hybridized carbons (Fsp3) is 0.308. The molecule has 0 radical (unpaired) electrons. The minimum atomic E-state index is -0.752. The molecular weight excluding hydrogens is 438 g/mol. The number of hydrogen-bond acceptors (Lipinski definition) is 6. The number of ether oxygens (including phenoxy) is 3. The molecule has 174 valence electrons. The average Bonchev–Trinajstić information content (AvgIpc) is 3.10. The Labute approximate surface area is 198 Å². The first-order valence-electron chi connectivity index (χ1n) is 10.9. The molecule has 0 aliphatic heterocycles. The summed E-state index contributed by atoms with van der Waals surface area (Å²) in [6.07, 6.45) is -1.05. The molecule has 7 heteroatoms. The van der Waals surface area contributed by atoms with E-state index in [0.717, 1.165) is 21.8 Å². The number of thiophene rings is 1. The number of carbonyl (C=O) groups excluding carboxylic acids is 2. The van der Waals surface area contributed by atoms with Crippen LogP contribution in [0, 0.1) is 6.92 Å². The minimum absolute atomic E-state index is 0.297. The number of para-hydroxylation sites is 1. The van der Waals surface area contributed by atoms with Crippen LogP contribution in [-0.2, 0) is 9.53 Å². The molecule has 1 aromatic heterocycles. The standard InChI is InChI=1S/C26H29NO5S/c1-6-30-20-14-12-19(13-15-20)22-18(5)33-25(23(22)26(29)31-16(2)3)27-24(28)17(4)32-21-10-8-7-9-11-21/h7-17H,6H2,1-5H3,(H,27,28). The van der Waals surface area contributed by atoms with E-state index in [1.54, 1.807) is 32.9 Å². The third kappa shape index (κ3) is 6.14. The molecule has 0 saturated carbocycles. The molecule has 6 nitrogen and oxygen atoms in total. The number of carbonyl (C=O) groups is 2. The first-order chi connectivity index (χ1) is 15.8. The van der Waals surface area contributed by atoms with E-state index in [2.05, 4.69) is 5.32 Å². The zero-order valence-corrected chi connectivity index (χ0v) is 20.3. The number of anilines is 1. The van der Waals surface area contributed by atoms with Gasteiger partial charge in [0.05, 0.1) is 12.7 Å². The fourth-order valence-corrected chi connectivity index (χ4v) is 4.37. The number of amides is 1. The molecule has 0 aliphatic carbocycles. The molecule has 0 aliphatic rings. The first kappa shape index (κ1) is 24.3. The summed E-state index contributed by atoms with van der Waals surface area (Å²) in [5.41, 5.74) is 1.92. The van der Waals surface area contributed by atoms with E-state index in [9.17, 15) is 9.59 Å². The van der Waals surface area contributed by atoms with Crippen LogP contribution in [0.5, 0.6) is 11.5 Å². The van der Waals surface area contributed by atoms with E-state index in [1.807, 2.05) is 56.3 Å². The largest absolute Gasteiger partial charge is 0.494 e. The highest BCUT2D eigenvalue weighted by atomic mass is 32.1. The van der Waals surface area contributed by atoms with E-state index < -0.39 is 12.1 Å². The van der Waals surface area contributed by atoms with Crippen molar-refractivity contribution in [1.82, 2.24) is 0 Å². The summed E-state index contributed by atoms with van der Waals surface area (Å²) in [5, 5.41) is 3.32. The second-order valence-electron chi connectivity index (χ2n) is 7.71. The summed E-state index contributed by atoms with van der Waals surface area (Å²) in [4.78, 5) is 26.9. The van der Waals surface area contributed by atoms with Crippen molar-refractivity contribution in [3.8, 4) is 22.6 Å². The third-order valence-corrected chi connectivity index (χ3v) is 5.77. The Balaban J connectivity index is 1.93. The lowest BCUT2D eigenvalue weighted by Gasteiger charge is -2.15. The topological polar surface area (TPSA) is 73.9 Å². The van der Waals surface area contributed by atoms with Gasteiger partial charge in [-0.1, -0.05) is 30.3 Å². The molecule has 1 amide bonds. The van der Waals surface area contributed by atoms with Crippen LogP contribution >= 0.6 is 11.3 Å². The van der Waals surface area contributed by atoms with Crippen molar-refractivity contribution in [1.29, 1.82) is 0 Å². The van der Waals surface area contributed by atoms with Crippen LogP contribution in [-0.4, -0.2) is 30.7 Å². The Morgan fingerprint density at radius 3 is 2.24 bits per heavy atom. The molecule has 0 saturated heterocycles. The van der Waals surface area contributed by atoms with Crippen molar-refractivity contribution >= 4 is 28.2 Å². The molecular formula is C26H29NO5S. The SMILES string of the molecule is CCOc1ccc(-c2c(C)sc(NC(=O)C(C)Oc3ccccc3)c2C(=O)OC(C)C)cc1. The highest BCUT2D eigenvalue weighted by molar-refractivity contribution is 7.17. The van der Waals surface area contributed by atoms with Gasteiger partial charge >= 0.3 is 5.97 Å². The maximum Gasteiger partial charge on any atom is 0.342 e. The summed E-state index contributed by atoms with van der Waals surface area (Å²) in [7, 11) is 0. The average molecular weight is 468 g/mol. The predicted molar refractivity (Wildman–Crippen MR) is 131 cm³/mol. The van der Waals surface area contributed by atoms with Gasteiger partial charge in [0, 0.05) is 10.4 Å². The predicted octanol–water partition coefficient (Wildman–Crippen LogP) is 6.09. The van der Waals surface area contributed by atoms with Crippen LogP contribution in [0.25, 0.3) is 11.1 Å². The second kappa shape index (κ2) is 11.0. The summed E-state index contributed by atoms with van der Waals surface area (Å²) >= 11 is 1.34. The number of aryl methyl sites for hydroxylation is 1. The van der Waals surface area contributed by atoms with E-state index in [-0.39, 0.29) is 12.0 Å². The van der Waals surface area contributed by atoms with Crippen LogP contribution in [0.3, 0.4) is 0 Å². The number of esters is 1. The molecule has 1 unspecified atom stereocenters. The van der Waals surface area contributed by atoms with Crippen molar-refractivity contribution < 1.29 is 23.8 Å². The normalized spacial score (nSPS) is 11.7. The number of nitrogens with one attached hydrogen (secondary N) is 1. The number of benzene rings is 2. The van der Waals surface area contributed by atoms with Crippen molar-refractivity contribution in [2.45, 2.75) is 46.8 Å². The van der Waals surface area contributed by atoms with Gasteiger partial charge in [-0.15, -0.1) is 11.3 Å². The smallest absolute Gasteiger partial charge is 0.342 e. The van der Waals surface area contributed by atoms with Crippen LogP contribution < -0.4 is 14.8 Å². The summed E-state index contributed by atoms with van der Waals surface area (Å²) in [5.74, 6) is 0.514. The van der Waals surface area contributed by atoms with Crippen molar-refractivity contribution in [3.63, 3.8) is 0 Å². The van der Waals surface area contributed by atoms with Gasteiger partial charge in [-0.05, 0) is 64.4 Å². The van der Waals surface area contributed by atoms with Crippen LogP contribution in [0.15, 0.2) is 54.6 Å². The van der Waals surface area contributed by atoms with E-state index in [1.165, 1.54) is 11.3 Å².